The number of rotatable bonds is 0. The van der Waals surface area contributed by atoms with Gasteiger partial charge < -0.3 is 5.32 Å². The third kappa shape index (κ3) is 1.63. The van der Waals surface area contributed by atoms with E-state index in [0.717, 1.165) is 35.4 Å². The van der Waals surface area contributed by atoms with E-state index in [9.17, 15) is 4.21 Å². The molecule has 0 radical (unpaired) electrons. The summed E-state index contributed by atoms with van der Waals surface area (Å²) in [6.07, 6.45) is 2.11. The maximum Gasteiger partial charge on any atom is 0.0390 e. The van der Waals surface area contributed by atoms with E-state index in [4.69, 9.17) is 0 Å². The fourth-order valence-electron chi connectivity index (χ4n) is 2.78. The minimum atomic E-state index is -0.580. The molecule has 0 atom stereocenters. The summed E-state index contributed by atoms with van der Waals surface area (Å²) in [5, 5.41) is 3.49. The Labute approximate surface area is 106 Å². The molecule has 4 heteroatoms. The number of fused-ring (bicyclic) bond motifs is 2. The lowest BCUT2D eigenvalue weighted by molar-refractivity contribution is 0.428. The van der Waals surface area contributed by atoms with Crippen LogP contribution in [0.1, 0.15) is 18.4 Å². The van der Waals surface area contributed by atoms with Crippen molar-refractivity contribution < 1.29 is 4.21 Å². The van der Waals surface area contributed by atoms with Gasteiger partial charge in [0.2, 0.25) is 0 Å². The van der Waals surface area contributed by atoms with Crippen LogP contribution in [0.3, 0.4) is 0 Å². The van der Waals surface area contributed by atoms with E-state index in [2.05, 4.69) is 39.4 Å². The number of hydrogen-bond donors (Lipinski definition) is 1. The van der Waals surface area contributed by atoms with Gasteiger partial charge in [0.05, 0.1) is 0 Å². The molecule has 86 valence electrons. The molecular weight excluding hydrogens is 286 g/mol. The topological polar surface area (TPSA) is 29.1 Å². The minimum Gasteiger partial charge on any atom is -0.384 e. The molecule has 1 spiro atoms. The average Bonchev–Trinajstić information content (AvgIpc) is 2.62. The molecule has 2 nitrogen and oxygen atoms in total. The second kappa shape index (κ2) is 3.84. The van der Waals surface area contributed by atoms with Crippen molar-refractivity contribution in [2.75, 3.05) is 23.4 Å². The zero-order valence-electron chi connectivity index (χ0n) is 8.96. The summed E-state index contributed by atoms with van der Waals surface area (Å²) in [7, 11) is -0.580. The quantitative estimate of drug-likeness (QED) is 0.798. The summed E-state index contributed by atoms with van der Waals surface area (Å²) in [5.41, 5.74) is 2.93. The molecule has 0 aromatic heterocycles. The van der Waals surface area contributed by atoms with Crippen LogP contribution in [0, 0.1) is 0 Å². The summed E-state index contributed by atoms with van der Waals surface area (Å²) >= 11 is 3.50. The number of halogens is 1. The third-order valence-corrected chi connectivity index (χ3v) is 5.60. The first-order valence-corrected chi connectivity index (χ1v) is 7.87. The normalized spacial score (nSPS) is 32.4. The second-order valence-corrected chi connectivity index (χ2v) is 7.28. The summed E-state index contributed by atoms with van der Waals surface area (Å²) in [6, 6.07) is 6.47. The smallest absolute Gasteiger partial charge is 0.0390 e. The van der Waals surface area contributed by atoms with Crippen molar-refractivity contribution in [3.8, 4) is 0 Å². The van der Waals surface area contributed by atoms with Gasteiger partial charge >= 0.3 is 0 Å². The Bertz CT molecular complexity index is 450. The number of benzene rings is 1. The van der Waals surface area contributed by atoms with Gasteiger partial charge in [0, 0.05) is 44.4 Å². The fraction of sp³-hybridized carbons (Fsp3) is 0.500. The van der Waals surface area contributed by atoms with E-state index in [-0.39, 0.29) is 5.41 Å². The van der Waals surface area contributed by atoms with Gasteiger partial charge in [-0.3, -0.25) is 4.21 Å². The highest BCUT2D eigenvalue weighted by atomic mass is 79.9. The van der Waals surface area contributed by atoms with Crippen LogP contribution in [0.15, 0.2) is 22.7 Å². The van der Waals surface area contributed by atoms with Gasteiger partial charge in [0.15, 0.2) is 0 Å². The first-order valence-electron chi connectivity index (χ1n) is 5.59. The first kappa shape index (κ1) is 10.8. The van der Waals surface area contributed by atoms with Gasteiger partial charge in [-0.25, -0.2) is 0 Å². The Kier molecular flexibility index (Phi) is 2.59. The predicted octanol–water partition coefficient (Wildman–Crippen LogP) is 2.65. The first-order chi connectivity index (χ1) is 7.70. The molecule has 1 aromatic carbocycles. The molecule has 2 heterocycles. The molecule has 1 saturated heterocycles. The number of nitrogens with one attached hydrogen (secondary N) is 1. The van der Waals surface area contributed by atoms with Crippen molar-refractivity contribution >= 4 is 32.4 Å². The van der Waals surface area contributed by atoms with Crippen molar-refractivity contribution in [2.24, 2.45) is 0 Å². The van der Waals surface area contributed by atoms with E-state index in [1.807, 2.05) is 0 Å². The van der Waals surface area contributed by atoms with Crippen molar-refractivity contribution in [3.05, 3.63) is 28.2 Å². The number of anilines is 1. The maximum atomic E-state index is 11.5. The summed E-state index contributed by atoms with van der Waals surface area (Å²) in [4.78, 5) is 0. The Hall–Kier alpha value is -0.350. The largest absolute Gasteiger partial charge is 0.384 e. The standard InChI is InChI=1S/C12H14BrNOS/c13-9-1-2-10-11(7-9)14-8-12(10)3-5-16(15)6-4-12/h1-2,7,14H,3-6,8H2. The molecule has 1 fully saturated rings. The van der Waals surface area contributed by atoms with Gasteiger partial charge in [0.1, 0.15) is 0 Å². The lowest BCUT2D eigenvalue weighted by atomic mass is 9.77. The van der Waals surface area contributed by atoms with E-state index in [1.165, 1.54) is 11.3 Å². The third-order valence-electron chi connectivity index (χ3n) is 3.79. The maximum absolute atomic E-state index is 11.5. The van der Waals surface area contributed by atoms with Gasteiger partial charge in [-0.05, 0) is 30.5 Å². The van der Waals surface area contributed by atoms with E-state index in [1.54, 1.807) is 0 Å². The fourth-order valence-corrected chi connectivity index (χ4v) is 4.58. The average molecular weight is 300 g/mol. The van der Waals surface area contributed by atoms with Crippen LogP contribution in [-0.4, -0.2) is 22.3 Å². The zero-order valence-corrected chi connectivity index (χ0v) is 11.4. The van der Waals surface area contributed by atoms with Gasteiger partial charge in [-0.1, -0.05) is 22.0 Å². The lowest BCUT2D eigenvalue weighted by Crippen LogP contribution is -2.36. The molecule has 3 rings (SSSR count). The Morgan fingerprint density at radius 2 is 2.06 bits per heavy atom. The molecule has 0 unspecified atom stereocenters. The summed E-state index contributed by atoms with van der Waals surface area (Å²) < 4.78 is 12.6. The molecule has 1 N–H and O–H groups in total. The Morgan fingerprint density at radius 1 is 1.31 bits per heavy atom. The van der Waals surface area contributed by atoms with Crippen molar-refractivity contribution in [1.82, 2.24) is 0 Å². The monoisotopic (exact) mass is 299 g/mol. The Morgan fingerprint density at radius 3 is 2.81 bits per heavy atom. The highest BCUT2D eigenvalue weighted by molar-refractivity contribution is 9.10. The molecule has 0 aliphatic carbocycles. The van der Waals surface area contributed by atoms with E-state index in [0.29, 0.717) is 0 Å². The van der Waals surface area contributed by atoms with Crippen LogP contribution >= 0.6 is 15.9 Å². The minimum absolute atomic E-state index is 0.254. The van der Waals surface area contributed by atoms with Crippen molar-refractivity contribution in [2.45, 2.75) is 18.3 Å². The highest BCUT2D eigenvalue weighted by Gasteiger charge is 2.41. The Balaban J connectivity index is 1.99. The number of hydrogen-bond acceptors (Lipinski definition) is 2. The van der Waals surface area contributed by atoms with E-state index < -0.39 is 10.8 Å². The molecule has 2 aliphatic rings. The highest BCUT2D eigenvalue weighted by Crippen LogP contribution is 2.44. The molecule has 16 heavy (non-hydrogen) atoms. The molecule has 2 aliphatic heterocycles. The van der Waals surface area contributed by atoms with E-state index >= 15 is 0 Å². The van der Waals surface area contributed by atoms with Gasteiger partial charge in [-0.15, -0.1) is 0 Å². The van der Waals surface area contributed by atoms with Crippen LogP contribution in [0.25, 0.3) is 0 Å². The van der Waals surface area contributed by atoms with Gasteiger partial charge in [-0.2, -0.15) is 0 Å². The zero-order chi connectivity index (χ0) is 11.2. The second-order valence-electron chi connectivity index (χ2n) is 4.67. The predicted molar refractivity (Wildman–Crippen MR) is 71.4 cm³/mol. The summed E-state index contributed by atoms with van der Waals surface area (Å²) in [5.74, 6) is 1.72. The molecule has 0 bridgehead atoms. The van der Waals surface area contributed by atoms with Crippen molar-refractivity contribution in [3.63, 3.8) is 0 Å². The van der Waals surface area contributed by atoms with Crippen LogP contribution in [0.2, 0.25) is 0 Å². The lowest BCUT2D eigenvalue weighted by Gasteiger charge is -2.32. The van der Waals surface area contributed by atoms with Crippen LogP contribution in [0.4, 0.5) is 5.69 Å². The van der Waals surface area contributed by atoms with Crippen LogP contribution in [0.5, 0.6) is 0 Å². The molecular formula is C12H14BrNOS. The molecule has 1 aromatic rings. The van der Waals surface area contributed by atoms with Gasteiger partial charge in [0.25, 0.3) is 0 Å². The van der Waals surface area contributed by atoms with Crippen LogP contribution < -0.4 is 5.32 Å². The summed E-state index contributed by atoms with van der Waals surface area (Å²) in [6.45, 7) is 1.01. The molecule has 0 saturated carbocycles. The van der Waals surface area contributed by atoms with Crippen LogP contribution in [-0.2, 0) is 16.2 Å². The SMILES string of the molecule is O=S1CCC2(CC1)CNc1cc(Br)ccc12. The molecule has 0 amide bonds. The van der Waals surface area contributed by atoms with Crippen molar-refractivity contribution in [1.29, 1.82) is 0 Å².